The number of nitrogens with zero attached hydrogens (tertiary/aromatic N) is 2. The second-order valence-corrected chi connectivity index (χ2v) is 5.29. The predicted octanol–water partition coefficient (Wildman–Crippen LogP) is 2.99. The molecule has 3 rings (SSSR count). The minimum atomic E-state index is -0.00492. The van der Waals surface area contributed by atoms with Crippen molar-refractivity contribution in [3.63, 3.8) is 0 Å². The molecule has 21 heavy (non-hydrogen) atoms. The Labute approximate surface area is 124 Å². The van der Waals surface area contributed by atoms with Gasteiger partial charge in [-0.25, -0.2) is 4.98 Å². The molecule has 0 spiro atoms. The van der Waals surface area contributed by atoms with Gasteiger partial charge in [-0.05, 0) is 37.5 Å². The second-order valence-electron chi connectivity index (χ2n) is 5.29. The fourth-order valence-electron chi connectivity index (χ4n) is 2.20. The van der Waals surface area contributed by atoms with Crippen LogP contribution in [0.25, 0.3) is 0 Å². The first-order valence-corrected chi connectivity index (χ1v) is 7.15. The molecule has 1 aliphatic carbocycles. The molecule has 0 radical (unpaired) electrons. The number of rotatable bonds is 5. The molecule has 1 aromatic carbocycles. The molecule has 1 aliphatic rings. The standard InChI is InChI=1S/C16H19N3O2/c1-10-14(17-2)18-15(12-6-7-12)19-16(10)21-13-5-3-4-11(8-13)9-20/h3-5,8,12,20H,6-7,9H2,1-2H3,(H,17,18,19). The lowest BCUT2D eigenvalue weighted by Gasteiger charge is -2.13. The molecule has 1 heterocycles. The van der Waals surface area contributed by atoms with Crippen molar-refractivity contribution in [2.75, 3.05) is 12.4 Å². The fourth-order valence-corrected chi connectivity index (χ4v) is 2.20. The summed E-state index contributed by atoms with van der Waals surface area (Å²) in [5.74, 6) is 3.36. The minimum absolute atomic E-state index is 0.00492. The van der Waals surface area contributed by atoms with E-state index in [0.29, 0.717) is 17.5 Å². The van der Waals surface area contributed by atoms with Gasteiger partial charge in [0.25, 0.3) is 0 Å². The quantitative estimate of drug-likeness (QED) is 0.884. The molecule has 1 aromatic heterocycles. The van der Waals surface area contributed by atoms with Crippen molar-refractivity contribution in [1.82, 2.24) is 9.97 Å². The first-order chi connectivity index (χ1) is 10.2. The number of aliphatic hydroxyl groups excluding tert-OH is 1. The van der Waals surface area contributed by atoms with Gasteiger partial charge in [0.2, 0.25) is 5.88 Å². The molecule has 110 valence electrons. The Kier molecular flexibility index (Phi) is 3.75. The van der Waals surface area contributed by atoms with Crippen LogP contribution in [0.1, 0.15) is 35.7 Å². The van der Waals surface area contributed by atoms with Crippen molar-refractivity contribution in [1.29, 1.82) is 0 Å². The Hall–Kier alpha value is -2.14. The number of hydrogen-bond donors (Lipinski definition) is 2. The smallest absolute Gasteiger partial charge is 0.227 e. The molecular formula is C16H19N3O2. The Balaban J connectivity index is 1.94. The lowest BCUT2D eigenvalue weighted by Crippen LogP contribution is -2.04. The summed E-state index contributed by atoms with van der Waals surface area (Å²) in [6.45, 7) is 1.93. The first-order valence-electron chi connectivity index (χ1n) is 7.15. The molecule has 2 N–H and O–H groups in total. The predicted molar refractivity (Wildman–Crippen MR) is 80.7 cm³/mol. The summed E-state index contributed by atoms with van der Waals surface area (Å²) in [7, 11) is 1.85. The van der Waals surface area contributed by atoms with Crippen molar-refractivity contribution in [3.05, 3.63) is 41.2 Å². The van der Waals surface area contributed by atoms with E-state index in [1.54, 1.807) is 0 Å². The van der Waals surface area contributed by atoms with Gasteiger partial charge in [-0.2, -0.15) is 4.98 Å². The molecule has 0 saturated heterocycles. The molecule has 0 amide bonds. The Morgan fingerprint density at radius 3 is 2.81 bits per heavy atom. The van der Waals surface area contributed by atoms with Gasteiger partial charge in [-0.3, -0.25) is 0 Å². The van der Waals surface area contributed by atoms with Crippen LogP contribution in [0.5, 0.6) is 11.6 Å². The lowest BCUT2D eigenvalue weighted by molar-refractivity contribution is 0.281. The second kappa shape index (κ2) is 5.69. The molecule has 0 aliphatic heterocycles. The third-order valence-corrected chi connectivity index (χ3v) is 3.59. The molecule has 1 saturated carbocycles. The summed E-state index contributed by atoms with van der Waals surface area (Å²) in [5.41, 5.74) is 1.70. The van der Waals surface area contributed by atoms with Crippen molar-refractivity contribution in [2.45, 2.75) is 32.3 Å². The number of anilines is 1. The zero-order chi connectivity index (χ0) is 14.8. The van der Waals surface area contributed by atoms with Crippen molar-refractivity contribution < 1.29 is 9.84 Å². The highest BCUT2D eigenvalue weighted by molar-refractivity contribution is 5.49. The average molecular weight is 285 g/mol. The summed E-state index contributed by atoms with van der Waals surface area (Å²) >= 11 is 0. The van der Waals surface area contributed by atoms with Crippen LogP contribution in [0, 0.1) is 6.92 Å². The summed E-state index contributed by atoms with van der Waals surface area (Å²) in [6.07, 6.45) is 2.29. The van der Waals surface area contributed by atoms with Gasteiger partial charge < -0.3 is 15.2 Å². The number of aliphatic hydroxyl groups is 1. The van der Waals surface area contributed by atoms with E-state index >= 15 is 0 Å². The largest absolute Gasteiger partial charge is 0.439 e. The molecule has 2 aromatic rings. The zero-order valence-electron chi connectivity index (χ0n) is 12.3. The first kappa shape index (κ1) is 13.8. The van der Waals surface area contributed by atoms with E-state index in [1.165, 1.54) is 0 Å². The summed E-state index contributed by atoms with van der Waals surface area (Å²) in [5, 5.41) is 12.3. The van der Waals surface area contributed by atoms with E-state index in [2.05, 4.69) is 15.3 Å². The highest BCUT2D eigenvalue weighted by Crippen LogP contribution is 2.40. The van der Waals surface area contributed by atoms with Gasteiger partial charge in [0.15, 0.2) is 0 Å². The molecule has 1 fully saturated rings. The van der Waals surface area contributed by atoms with Crippen LogP contribution in [0.4, 0.5) is 5.82 Å². The van der Waals surface area contributed by atoms with Crippen LogP contribution >= 0.6 is 0 Å². The zero-order valence-corrected chi connectivity index (χ0v) is 12.3. The summed E-state index contributed by atoms with van der Waals surface area (Å²) in [4.78, 5) is 9.10. The number of aromatic nitrogens is 2. The Morgan fingerprint density at radius 2 is 2.14 bits per heavy atom. The SMILES string of the molecule is CNc1nc(C2CC2)nc(Oc2cccc(CO)c2)c1C. The van der Waals surface area contributed by atoms with E-state index in [9.17, 15) is 5.11 Å². The van der Waals surface area contributed by atoms with Crippen LogP contribution in [-0.4, -0.2) is 22.1 Å². The number of hydrogen-bond acceptors (Lipinski definition) is 5. The van der Waals surface area contributed by atoms with Gasteiger partial charge in [-0.15, -0.1) is 0 Å². The van der Waals surface area contributed by atoms with E-state index in [1.807, 2.05) is 38.2 Å². The Bertz CT molecular complexity index is 654. The molecule has 0 unspecified atom stereocenters. The van der Waals surface area contributed by atoms with E-state index in [0.717, 1.165) is 35.6 Å². The van der Waals surface area contributed by atoms with E-state index in [4.69, 9.17) is 4.74 Å². The maximum absolute atomic E-state index is 9.20. The van der Waals surface area contributed by atoms with Gasteiger partial charge in [0.05, 0.1) is 12.2 Å². The lowest BCUT2D eigenvalue weighted by atomic mass is 10.2. The van der Waals surface area contributed by atoms with Crippen LogP contribution < -0.4 is 10.1 Å². The maximum atomic E-state index is 9.20. The third-order valence-electron chi connectivity index (χ3n) is 3.59. The monoisotopic (exact) mass is 285 g/mol. The van der Waals surface area contributed by atoms with Crippen LogP contribution in [-0.2, 0) is 6.61 Å². The molecule has 0 bridgehead atoms. The van der Waals surface area contributed by atoms with Crippen LogP contribution in [0.2, 0.25) is 0 Å². The van der Waals surface area contributed by atoms with Gasteiger partial charge >= 0.3 is 0 Å². The van der Waals surface area contributed by atoms with E-state index in [-0.39, 0.29) is 6.61 Å². The highest BCUT2D eigenvalue weighted by atomic mass is 16.5. The van der Waals surface area contributed by atoms with E-state index < -0.39 is 0 Å². The fraction of sp³-hybridized carbons (Fsp3) is 0.375. The minimum Gasteiger partial charge on any atom is -0.439 e. The van der Waals surface area contributed by atoms with Gasteiger partial charge in [-0.1, -0.05) is 12.1 Å². The highest BCUT2D eigenvalue weighted by Gasteiger charge is 2.28. The van der Waals surface area contributed by atoms with Crippen molar-refractivity contribution in [3.8, 4) is 11.6 Å². The molecule has 5 nitrogen and oxygen atoms in total. The maximum Gasteiger partial charge on any atom is 0.227 e. The number of benzene rings is 1. The van der Waals surface area contributed by atoms with Crippen molar-refractivity contribution in [2.24, 2.45) is 0 Å². The van der Waals surface area contributed by atoms with Crippen LogP contribution in [0.15, 0.2) is 24.3 Å². The van der Waals surface area contributed by atoms with Gasteiger partial charge in [0, 0.05) is 13.0 Å². The average Bonchev–Trinajstić information content (AvgIpc) is 3.34. The normalized spacial score (nSPS) is 14.0. The van der Waals surface area contributed by atoms with Crippen LogP contribution in [0.3, 0.4) is 0 Å². The topological polar surface area (TPSA) is 67.3 Å². The number of ether oxygens (including phenoxy) is 1. The number of nitrogens with one attached hydrogen (secondary N) is 1. The molecular weight excluding hydrogens is 266 g/mol. The third kappa shape index (κ3) is 2.97. The van der Waals surface area contributed by atoms with Gasteiger partial charge in [0.1, 0.15) is 17.4 Å². The summed E-state index contributed by atoms with van der Waals surface area (Å²) < 4.78 is 5.91. The molecule has 0 atom stereocenters. The van der Waals surface area contributed by atoms with Crippen molar-refractivity contribution >= 4 is 5.82 Å². The summed E-state index contributed by atoms with van der Waals surface area (Å²) in [6, 6.07) is 7.39. The Morgan fingerprint density at radius 1 is 1.33 bits per heavy atom. The molecule has 5 heteroatoms.